The lowest BCUT2D eigenvalue weighted by molar-refractivity contribution is 0.0474. The van der Waals surface area contributed by atoms with E-state index in [-0.39, 0.29) is 24.0 Å². The summed E-state index contributed by atoms with van der Waals surface area (Å²) in [7, 11) is 1.71. The molecule has 0 aromatic carbocycles. The molecule has 0 fully saturated rings. The van der Waals surface area contributed by atoms with Gasteiger partial charge in [-0.3, -0.25) is 4.99 Å². The van der Waals surface area contributed by atoms with Gasteiger partial charge in [0.2, 0.25) is 0 Å². The van der Waals surface area contributed by atoms with Crippen molar-refractivity contribution < 1.29 is 14.3 Å². The minimum Gasteiger partial charge on any atom is -0.444 e. The highest BCUT2D eigenvalue weighted by Gasteiger charge is 2.24. The quantitative estimate of drug-likeness (QED) is 0.202. The maximum Gasteiger partial charge on any atom is 0.408 e. The van der Waals surface area contributed by atoms with Crippen molar-refractivity contribution in [2.75, 3.05) is 33.4 Å². The molecule has 0 bridgehead atoms. The largest absolute Gasteiger partial charge is 0.444 e. The van der Waals surface area contributed by atoms with Gasteiger partial charge in [0.25, 0.3) is 0 Å². The molecule has 0 aliphatic rings. The lowest BCUT2D eigenvalue weighted by Gasteiger charge is -2.29. The van der Waals surface area contributed by atoms with E-state index in [0.29, 0.717) is 31.6 Å². The molecule has 0 heterocycles. The van der Waals surface area contributed by atoms with Crippen LogP contribution in [-0.4, -0.2) is 56.5 Å². The van der Waals surface area contributed by atoms with Crippen molar-refractivity contribution >= 4 is 36.0 Å². The third kappa shape index (κ3) is 16.7. The number of hydrogen-bond acceptors (Lipinski definition) is 4. The van der Waals surface area contributed by atoms with Gasteiger partial charge in [-0.05, 0) is 47.0 Å². The summed E-state index contributed by atoms with van der Waals surface area (Å²) in [6, 6.07) is 0. The predicted octanol–water partition coefficient (Wildman–Crippen LogP) is 3.14. The minimum atomic E-state index is -0.513. The minimum absolute atomic E-state index is 0. The van der Waals surface area contributed by atoms with Gasteiger partial charge < -0.3 is 25.4 Å². The number of nitrogens with one attached hydrogen (secondary N) is 3. The van der Waals surface area contributed by atoms with Crippen LogP contribution in [0, 0.1) is 5.92 Å². The summed E-state index contributed by atoms with van der Waals surface area (Å²) in [5.41, 5.74) is -0.992. The van der Waals surface area contributed by atoms with E-state index >= 15 is 0 Å². The summed E-state index contributed by atoms with van der Waals surface area (Å²) in [6.45, 7) is 16.3. The van der Waals surface area contributed by atoms with Crippen molar-refractivity contribution in [1.29, 1.82) is 0 Å². The van der Waals surface area contributed by atoms with Crippen molar-refractivity contribution in [2.24, 2.45) is 10.9 Å². The second-order valence-corrected chi connectivity index (χ2v) is 8.16. The van der Waals surface area contributed by atoms with Gasteiger partial charge in [0.05, 0.1) is 12.1 Å². The van der Waals surface area contributed by atoms with Gasteiger partial charge in [-0.2, -0.15) is 0 Å². The SMILES string of the molecule is CN=C(NCCOCCC(C)C)NCC(C)(C)NC(=O)OC(C)(C)C.I. The Hall–Kier alpha value is -0.770. The predicted molar refractivity (Wildman–Crippen MR) is 119 cm³/mol. The van der Waals surface area contributed by atoms with E-state index in [9.17, 15) is 4.79 Å². The highest BCUT2D eigenvalue weighted by molar-refractivity contribution is 14.0. The summed E-state index contributed by atoms with van der Waals surface area (Å²) in [5, 5.41) is 9.25. The number of guanidine groups is 1. The van der Waals surface area contributed by atoms with Crippen molar-refractivity contribution in [2.45, 2.75) is 66.0 Å². The number of hydrogen-bond donors (Lipinski definition) is 3. The first-order chi connectivity index (χ1) is 11.4. The Morgan fingerprint density at radius 2 is 1.69 bits per heavy atom. The molecule has 0 radical (unpaired) electrons. The Kier molecular flexibility index (Phi) is 14.2. The molecule has 0 atom stereocenters. The Bertz CT molecular complexity index is 421. The second-order valence-electron chi connectivity index (χ2n) is 8.16. The molecule has 0 aromatic rings. The number of aliphatic imine (C=N–C) groups is 1. The van der Waals surface area contributed by atoms with Crippen LogP contribution < -0.4 is 16.0 Å². The zero-order valence-electron chi connectivity index (χ0n) is 17.7. The van der Waals surface area contributed by atoms with E-state index in [1.54, 1.807) is 7.05 Å². The molecular weight excluding hydrogens is 447 g/mol. The normalized spacial score (nSPS) is 12.4. The van der Waals surface area contributed by atoms with Gasteiger partial charge in [0.1, 0.15) is 5.60 Å². The fourth-order valence-corrected chi connectivity index (χ4v) is 1.81. The lowest BCUT2D eigenvalue weighted by Crippen LogP contribution is -2.54. The summed E-state index contributed by atoms with van der Waals surface area (Å²) < 4.78 is 10.9. The van der Waals surface area contributed by atoms with Crippen LogP contribution in [0.1, 0.15) is 54.9 Å². The van der Waals surface area contributed by atoms with Crippen LogP contribution in [0.15, 0.2) is 4.99 Å². The summed E-state index contributed by atoms with van der Waals surface area (Å²) in [5.74, 6) is 1.33. The third-order valence-electron chi connectivity index (χ3n) is 3.14. The molecule has 3 N–H and O–H groups in total. The number of carbonyl (C=O) groups excluding carboxylic acids is 1. The highest BCUT2D eigenvalue weighted by Crippen LogP contribution is 2.09. The van der Waals surface area contributed by atoms with E-state index < -0.39 is 17.2 Å². The van der Waals surface area contributed by atoms with Gasteiger partial charge in [-0.1, -0.05) is 13.8 Å². The Morgan fingerprint density at radius 1 is 1.08 bits per heavy atom. The van der Waals surface area contributed by atoms with Gasteiger partial charge in [0.15, 0.2) is 5.96 Å². The molecule has 7 nitrogen and oxygen atoms in total. The molecule has 156 valence electrons. The van der Waals surface area contributed by atoms with Crippen LogP contribution in [0.5, 0.6) is 0 Å². The van der Waals surface area contributed by atoms with E-state index in [2.05, 4.69) is 34.8 Å². The highest BCUT2D eigenvalue weighted by atomic mass is 127. The molecule has 0 saturated heterocycles. The molecule has 0 rings (SSSR count). The monoisotopic (exact) mass is 486 g/mol. The molecule has 0 unspecified atom stereocenters. The maximum atomic E-state index is 11.9. The van der Waals surface area contributed by atoms with Crippen LogP contribution in [0.25, 0.3) is 0 Å². The maximum absolute atomic E-state index is 11.9. The van der Waals surface area contributed by atoms with Crippen LogP contribution >= 0.6 is 24.0 Å². The Balaban J connectivity index is 0. The van der Waals surface area contributed by atoms with Gasteiger partial charge in [-0.25, -0.2) is 4.79 Å². The van der Waals surface area contributed by atoms with Gasteiger partial charge in [0, 0.05) is 26.7 Å². The average molecular weight is 486 g/mol. The van der Waals surface area contributed by atoms with Gasteiger partial charge in [-0.15, -0.1) is 24.0 Å². The number of ether oxygens (including phenoxy) is 2. The molecule has 0 aliphatic carbocycles. The van der Waals surface area contributed by atoms with E-state index in [1.165, 1.54) is 0 Å². The van der Waals surface area contributed by atoms with Crippen LogP contribution in [0.4, 0.5) is 4.79 Å². The number of alkyl carbamates (subject to hydrolysis) is 1. The van der Waals surface area contributed by atoms with Crippen molar-refractivity contribution in [3.05, 3.63) is 0 Å². The first kappa shape index (κ1) is 27.4. The standard InChI is InChI=1S/C18H38N4O3.HI/c1-14(2)9-11-24-12-10-20-15(19-8)21-13-18(6,7)22-16(23)25-17(3,4)5;/h14H,9-13H2,1-8H3,(H,22,23)(H2,19,20,21);1H. The van der Waals surface area contributed by atoms with Crippen molar-refractivity contribution in [3.8, 4) is 0 Å². The molecule has 0 saturated carbocycles. The number of halogens is 1. The molecule has 0 spiro atoms. The van der Waals surface area contributed by atoms with E-state index in [4.69, 9.17) is 9.47 Å². The van der Waals surface area contributed by atoms with Crippen LogP contribution in [0.2, 0.25) is 0 Å². The fourth-order valence-electron chi connectivity index (χ4n) is 1.81. The third-order valence-corrected chi connectivity index (χ3v) is 3.14. The number of nitrogens with zero attached hydrogens (tertiary/aromatic N) is 1. The van der Waals surface area contributed by atoms with E-state index in [0.717, 1.165) is 13.0 Å². The van der Waals surface area contributed by atoms with Crippen molar-refractivity contribution in [1.82, 2.24) is 16.0 Å². The number of amides is 1. The second kappa shape index (κ2) is 13.4. The summed E-state index contributed by atoms with van der Waals surface area (Å²) in [4.78, 5) is 16.1. The zero-order valence-corrected chi connectivity index (χ0v) is 20.0. The fraction of sp³-hybridized carbons (Fsp3) is 0.889. The summed E-state index contributed by atoms with van der Waals surface area (Å²) in [6.07, 6.45) is 0.637. The first-order valence-corrected chi connectivity index (χ1v) is 8.98. The molecule has 0 aliphatic heterocycles. The average Bonchev–Trinajstić information content (AvgIpc) is 2.42. The molecular formula is C18H39IN4O3. The summed E-state index contributed by atoms with van der Waals surface area (Å²) >= 11 is 0. The van der Waals surface area contributed by atoms with E-state index in [1.807, 2.05) is 34.6 Å². The first-order valence-electron chi connectivity index (χ1n) is 8.98. The Labute approximate surface area is 176 Å². The van der Waals surface area contributed by atoms with Gasteiger partial charge >= 0.3 is 6.09 Å². The molecule has 0 aromatic heterocycles. The Morgan fingerprint density at radius 3 is 2.19 bits per heavy atom. The number of carbonyl (C=O) groups is 1. The molecule has 1 amide bonds. The van der Waals surface area contributed by atoms with Crippen molar-refractivity contribution in [3.63, 3.8) is 0 Å². The smallest absolute Gasteiger partial charge is 0.408 e. The lowest BCUT2D eigenvalue weighted by atomic mass is 10.1. The molecule has 8 heteroatoms. The topological polar surface area (TPSA) is 84.0 Å². The zero-order chi connectivity index (χ0) is 19.5. The molecule has 26 heavy (non-hydrogen) atoms. The number of rotatable bonds is 9. The van der Waals surface area contributed by atoms with Crippen LogP contribution in [0.3, 0.4) is 0 Å². The van der Waals surface area contributed by atoms with Crippen LogP contribution in [-0.2, 0) is 9.47 Å².